The molecule has 1 saturated heterocycles. The van der Waals surface area contributed by atoms with Crippen molar-refractivity contribution in [2.45, 2.75) is 137 Å². The second kappa shape index (κ2) is 10.5. The van der Waals surface area contributed by atoms with Gasteiger partial charge in [0.05, 0.1) is 13.2 Å². The first-order chi connectivity index (χ1) is 20.4. The Hall–Kier alpha value is -1.58. The number of carbonyl (C=O) groups is 2. The van der Waals surface area contributed by atoms with Gasteiger partial charge in [-0.3, -0.25) is 4.79 Å². The number of hydrogen-bond acceptors (Lipinski definition) is 8. The van der Waals surface area contributed by atoms with Crippen LogP contribution >= 0.6 is 0 Å². The average Bonchev–Trinajstić information content (AvgIpc) is 2.94. The zero-order valence-corrected chi connectivity index (χ0v) is 27.9. The van der Waals surface area contributed by atoms with Gasteiger partial charge in [0.2, 0.25) is 0 Å². The summed E-state index contributed by atoms with van der Waals surface area (Å²) in [6, 6.07) is 0. The lowest BCUT2D eigenvalue weighted by Gasteiger charge is -2.69. The van der Waals surface area contributed by atoms with Gasteiger partial charge in [0, 0.05) is 17.8 Å². The summed E-state index contributed by atoms with van der Waals surface area (Å²) in [5.74, 6) is 0.370. The van der Waals surface area contributed by atoms with Gasteiger partial charge in [-0.15, -0.1) is 0 Å². The highest BCUT2D eigenvalue weighted by Crippen LogP contribution is 2.73. The van der Waals surface area contributed by atoms with Crippen LogP contribution in [0.3, 0.4) is 0 Å². The van der Waals surface area contributed by atoms with E-state index >= 15 is 0 Å². The van der Waals surface area contributed by atoms with Crippen molar-refractivity contribution in [2.75, 3.05) is 7.11 Å². The summed E-state index contributed by atoms with van der Waals surface area (Å²) in [6.07, 6.45) is 4.53. The number of ketones is 1. The van der Waals surface area contributed by atoms with Crippen LogP contribution in [0.1, 0.15) is 99.8 Å². The Morgan fingerprint density at radius 1 is 0.909 bits per heavy atom. The standard InChI is InChI=1S/C36H54O8/c1-32(2)14-11-19-20(17-32)21-9-10-24-34(5)15-13-25(43-31-28(40)26(38)27(39)29(44-31)30(41)42-8)33(3,4)23(34)12-16-35(24,6)36(21,7)18-22(19)37/h9,17,19,23-29,31,38-40H,10-16,18H2,1-8H3/t19-,23-,24+,25-,26-,27-,28+,29-,31-,34-,35+,36+/m0/s1. The average molecular weight is 615 g/mol. The second-order valence-corrected chi connectivity index (χ2v) is 17.0. The third-order valence-electron chi connectivity index (χ3n) is 13.9. The van der Waals surface area contributed by atoms with Gasteiger partial charge in [-0.2, -0.15) is 0 Å². The maximum atomic E-state index is 13.8. The molecular weight excluding hydrogens is 560 g/mol. The minimum atomic E-state index is -1.61. The fourth-order valence-corrected chi connectivity index (χ4v) is 11.2. The van der Waals surface area contributed by atoms with E-state index in [1.165, 1.54) is 18.3 Å². The van der Waals surface area contributed by atoms with Crippen LogP contribution in [0.15, 0.2) is 23.3 Å². The minimum absolute atomic E-state index is 0.0117. The molecule has 0 aromatic rings. The number of carbonyl (C=O) groups excluding carboxylic acids is 2. The molecule has 0 unspecified atom stereocenters. The van der Waals surface area contributed by atoms with Gasteiger partial charge in [-0.05, 0) is 89.6 Å². The van der Waals surface area contributed by atoms with Gasteiger partial charge in [-0.25, -0.2) is 4.79 Å². The van der Waals surface area contributed by atoms with Crippen molar-refractivity contribution >= 4 is 11.8 Å². The van der Waals surface area contributed by atoms with Crippen LogP contribution in [0, 0.1) is 44.8 Å². The van der Waals surface area contributed by atoms with E-state index in [-0.39, 0.29) is 39.1 Å². The van der Waals surface area contributed by atoms with Crippen LogP contribution in [0.4, 0.5) is 0 Å². The number of aliphatic hydroxyl groups is 3. The van der Waals surface area contributed by atoms with Crippen molar-refractivity contribution in [3.63, 3.8) is 0 Å². The molecule has 0 spiro atoms. The van der Waals surface area contributed by atoms with Crippen LogP contribution < -0.4 is 0 Å². The lowest BCUT2D eigenvalue weighted by atomic mass is 9.35. The summed E-state index contributed by atoms with van der Waals surface area (Å²) < 4.78 is 16.9. The van der Waals surface area contributed by atoms with Gasteiger partial charge < -0.3 is 29.5 Å². The van der Waals surface area contributed by atoms with E-state index in [2.05, 4.69) is 60.6 Å². The topological polar surface area (TPSA) is 123 Å². The van der Waals surface area contributed by atoms with Crippen molar-refractivity contribution in [3.8, 4) is 0 Å². The predicted octanol–water partition coefficient (Wildman–Crippen LogP) is 4.88. The minimum Gasteiger partial charge on any atom is -0.467 e. The van der Waals surface area contributed by atoms with Crippen LogP contribution in [0.2, 0.25) is 0 Å². The number of fused-ring (bicyclic) bond motifs is 7. The van der Waals surface area contributed by atoms with Gasteiger partial charge in [-0.1, -0.05) is 60.6 Å². The Labute approximate surface area is 262 Å². The molecular formula is C36H54O8. The maximum absolute atomic E-state index is 13.8. The summed E-state index contributed by atoms with van der Waals surface area (Å²) in [6.45, 7) is 16.4. The van der Waals surface area contributed by atoms with Crippen molar-refractivity contribution in [2.24, 2.45) is 44.8 Å². The predicted molar refractivity (Wildman–Crippen MR) is 164 cm³/mol. The van der Waals surface area contributed by atoms with E-state index in [4.69, 9.17) is 14.2 Å². The summed E-state index contributed by atoms with van der Waals surface area (Å²) in [7, 11) is 1.19. The molecule has 6 aliphatic rings. The van der Waals surface area contributed by atoms with Crippen LogP contribution in [-0.4, -0.2) is 71.0 Å². The lowest BCUT2D eigenvalue weighted by Crippen LogP contribution is -2.65. The fourth-order valence-electron chi connectivity index (χ4n) is 11.2. The van der Waals surface area contributed by atoms with Crippen molar-refractivity contribution in [1.29, 1.82) is 0 Å². The normalized spacial score (nSPS) is 49.3. The van der Waals surface area contributed by atoms with Crippen molar-refractivity contribution < 1.29 is 39.1 Å². The van der Waals surface area contributed by atoms with E-state index < -0.39 is 36.7 Å². The van der Waals surface area contributed by atoms with Crippen molar-refractivity contribution in [1.82, 2.24) is 0 Å². The summed E-state index contributed by atoms with van der Waals surface area (Å²) in [4.78, 5) is 26.0. The number of Topliss-reactive ketones (excluding diaryl/α,β-unsaturated/α-hetero) is 1. The molecule has 246 valence electrons. The summed E-state index contributed by atoms with van der Waals surface area (Å²) >= 11 is 0. The Bertz CT molecular complexity index is 1270. The van der Waals surface area contributed by atoms with Gasteiger partial charge >= 0.3 is 5.97 Å². The zero-order valence-electron chi connectivity index (χ0n) is 27.9. The Balaban J connectivity index is 1.29. The zero-order chi connectivity index (χ0) is 32.2. The largest absolute Gasteiger partial charge is 0.467 e. The van der Waals surface area contributed by atoms with Crippen LogP contribution in [0.5, 0.6) is 0 Å². The molecule has 4 fully saturated rings. The molecule has 0 aromatic heterocycles. The van der Waals surface area contributed by atoms with E-state index in [0.717, 1.165) is 44.9 Å². The highest BCUT2D eigenvalue weighted by atomic mass is 16.7. The van der Waals surface area contributed by atoms with Gasteiger partial charge in [0.25, 0.3) is 0 Å². The Morgan fingerprint density at radius 3 is 2.30 bits per heavy atom. The van der Waals surface area contributed by atoms with Gasteiger partial charge in [0.1, 0.15) is 24.1 Å². The molecule has 6 rings (SSSR count). The third-order valence-corrected chi connectivity index (χ3v) is 13.9. The first-order valence-electron chi connectivity index (χ1n) is 16.8. The van der Waals surface area contributed by atoms with Crippen LogP contribution in [0.25, 0.3) is 0 Å². The third kappa shape index (κ3) is 4.48. The molecule has 44 heavy (non-hydrogen) atoms. The number of hydrogen-bond donors (Lipinski definition) is 3. The molecule has 1 aliphatic heterocycles. The molecule has 0 radical (unpaired) electrons. The fraction of sp³-hybridized carbons (Fsp3) is 0.833. The molecule has 3 saturated carbocycles. The molecule has 0 bridgehead atoms. The molecule has 5 aliphatic carbocycles. The first kappa shape index (κ1) is 32.4. The molecule has 12 atom stereocenters. The number of aliphatic hydroxyl groups excluding tert-OH is 3. The van der Waals surface area contributed by atoms with E-state index in [9.17, 15) is 24.9 Å². The monoisotopic (exact) mass is 614 g/mol. The SMILES string of the molecule is COC(=O)[C@H]1O[C@H](O[C@H]2CC[C@]3(C)[C@H]4CC=C5C6=CC(C)(C)CC[C@@H]6C(=O)C[C@@]5(C)[C@]4(C)CC[C@H]3C2(C)C)[C@H](O)[C@@H](O)[C@@H]1O. The Morgan fingerprint density at radius 2 is 1.61 bits per heavy atom. The quantitative estimate of drug-likeness (QED) is 0.304. The number of methoxy groups -OCH3 is 1. The van der Waals surface area contributed by atoms with Gasteiger partial charge in [0.15, 0.2) is 12.4 Å². The summed E-state index contributed by atoms with van der Waals surface area (Å²) in [5, 5.41) is 31.6. The van der Waals surface area contributed by atoms with E-state index in [1.807, 2.05) is 0 Å². The maximum Gasteiger partial charge on any atom is 0.337 e. The molecule has 8 nitrogen and oxygen atoms in total. The highest BCUT2D eigenvalue weighted by molar-refractivity contribution is 5.89. The number of allylic oxidation sites excluding steroid dienone is 4. The number of ether oxygens (including phenoxy) is 3. The van der Waals surface area contributed by atoms with E-state index in [0.29, 0.717) is 24.0 Å². The molecule has 1 heterocycles. The first-order valence-corrected chi connectivity index (χ1v) is 16.8. The molecule has 3 N–H and O–H groups in total. The second-order valence-electron chi connectivity index (χ2n) is 17.0. The highest BCUT2D eigenvalue weighted by Gasteiger charge is 2.67. The van der Waals surface area contributed by atoms with Crippen molar-refractivity contribution in [3.05, 3.63) is 23.3 Å². The molecule has 0 amide bonds. The summed E-state index contributed by atoms with van der Waals surface area (Å²) in [5.41, 5.74) is 2.35. The van der Waals surface area contributed by atoms with E-state index in [1.54, 1.807) is 0 Å². The number of rotatable bonds is 3. The molecule has 0 aromatic carbocycles. The molecule has 8 heteroatoms. The number of esters is 1. The Kier molecular flexibility index (Phi) is 7.70. The lowest BCUT2D eigenvalue weighted by molar-refractivity contribution is -0.324. The van der Waals surface area contributed by atoms with Crippen LogP contribution in [-0.2, 0) is 23.8 Å². The smallest absolute Gasteiger partial charge is 0.337 e.